The molecule has 0 radical (unpaired) electrons. The number of aromatic nitrogens is 3. The van der Waals surface area contributed by atoms with Gasteiger partial charge in [0.2, 0.25) is 0 Å². The molecule has 1 saturated heterocycles. The van der Waals surface area contributed by atoms with E-state index < -0.39 is 0 Å². The molecule has 0 unspecified atom stereocenters. The predicted molar refractivity (Wildman–Crippen MR) is 120 cm³/mol. The summed E-state index contributed by atoms with van der Waals surface area (Å²) in [7, 11) is 0. The van der Waals surface area contributed by atoms with Gasteiger partial charge in [0.25, 0.3) is 5.91 Å². The van der Waals surface area contributed by atoms with Crippen LogP contribution in [0.15, 0.2) is 63.8 Å². The lowest BCUT2D eigenvalue weighted by molar-refractivity contribution is 0.0750. The van der Waals surface area contributed by atoms with Crippen LogP contribution in [0.25, 0.3) is 0 Å². The highest BCUT2D eigenvalue weighted by molar-refractivity contribution is 7.99. The fourth-order valence-corrected chi connectivity index (χ4v) is 4.61. The number of piperidine rings is 1. The van der Waals surface area contributed by atoms with E-state index in [9.17, 15) is 4.79 Å². The van der Waals surface area contributed by atoms with Crippen LogP contribution in [0.4, 0.5) is 5.69 Å². The summed E-state index contributed by atoms with van der Waals surface area (Å²) >= 11 is 7.49. The summed E-state index contributed by atoms with van der Waals surface area (Å²) in [6.45, 7) is 1.76. The normalized spacial score (nSPS) is 16.0. The van der Waals surface area contributed by atoms with E-state index in [1.54, 1.807) is 24.7 Å². The van der Waals surface area contributed by atoms with E-state index in [0.29, 0.717) is 33.4 Å². The minimum Gasteiger partial charge on any atom is -0.285 e. The van der Waals surface area contributed by atoms with Crippen LogP contribution in [0.3, 0.4) is 0 Å². The maximum absolute atomic E-state index is 12.8. The Balaban J connectivity index is 1.54. The van der Waals surface area contributed by atoms with E-state index in [4.69, 9.17) is 16.6 Å². The molecule has 5 rings (SSSR count). The number of benzene rings is 1. The summed E-state index contributed by atoms with van der Waals surface area (Å²) in [6, 6.07) is 9.11. The van der Waals surface area contributed by atoms with Crippen LogP contribution in [0.5, 0.6) is 0 Å². The fraction of sp³-hybridized carbons (Fsp3) is 0.227. The highest BCUT2D eigenvalue weighted by Gasteiger charge is 2.23. The van der Waals surface area contributed by atoms with Crippen molar-refractivity contribution in [3.63, 3.8) is 0 Å². The van der Waals surface area contributed by atoms with Crippen molar-refractivity contribution in [1.82, 2.24) is 25.4 Å². The maximum atomic E-state index is 12.8. The zero-order valence-corrected chi connectivity index (χ0v) is 18.2. The number of carbonyl (C=O) groups excluding carboxylic acids is 1. The summed E-state index contributed by atoms with van der Waals surface area (Å²) in [5.74, 6) is -0.130. The first-order chi connectivity index (χ1) is 15.2. The Morgan fingerprint density at radius 3 is 2.68 bits per heavy atom. The summed E-state index contributed by atoms with van der Waals surface area (Å²) in [4.78, 5) is 32.0. The standard InChI is InChI=1S/C22H19ClN6OS/c23-15-5-6-16(26-13-15)19-20-22(25-9-8-24-20)31-18-7-4-14(12-17(18)27-19)21(30)28-29-10-2-1-3-11-29/h4-9,12-13H,1-3,10-11H2,(H,28,30). The number of aliphatic imine (C=N–C) groups is 1. The quantitative estimate of drug-likeness (QED) is 0.501. The lowest BCUT2D eigenvalue weighted by Crippen LogP contribution is -2.45. The second-order valence-electron chi connectivity index (χ2n) is 7.31. The van der Waals surface area contributed by atoms with E-state index in [0.717, 1.165) is 35.9 Å². The molecule has 2 aromatic heterocycles. The molecule has 9 heteroatoms. The maximum Gasteiger partial charge on any atom is 0.265 e. The number of pyridine rings is 1. The minimum absolute atomic E-state index is 0.130. The third-order valence-corrected chi connectivity index (χ3v) is 6.42. The Bertz CT molecular complexity index is 1160. The molecule has 156 valence electrons. The van der Waals surface area contributed by atoms with E-state index in [2.05, 4.69) is 20.4 Å². The molecule has 1 aromatic carbocycles. The van der Waals surface area contributed by atoms with Crippen molar-refractivity contribution in [3.05, 3.63) is 70.9 Å². The van der Waals surface area contributed by atoms with Gasteiger partial charge in [-0.2, -0.15) is 0 Å². The van der Waals surface area contributed by atoms with Gasteiger partial charge >= 0.3 is 0 Å². The molecular weight excluding hydrogens is 432 g/mol. The zero-order valence-electron chi connectivity index (χ0n) is 16.6. The van der Waals surface area contributed by atoms with Gasteiger partial charge in [0.15, 0.2) is 0 Å². The Morgan fingerprint density at radius 2 is 1.87 bits per heavy atom. The third-order valence-electron chi connectivity index (χ3n) is 5.13. The van der Waals surface area contributed by atoms with Crippen LogP contribution in [-0.2, 0) is 0 Å². The number of halogens is 1. The Morgan fingerprint density at radius 1 is 1.03 bits per heavy atom. The number of hydrogen-bond acceptors (Lipinski definition) is 7. The molecule has 1 N–H and O–H groups in total. The van der Waals surface area contributed by atoms with Crippen molar-refractivity contribution in [2.24, 2.45) is 4.99 Å². The van der Waals surface area contributed by atoms with Gasteiger partial charge in [-0.25, -0.2) is 15.0 Å². The first-order valence-corrected chi connectivity index (χ1v) is 11.3. The topological polar surface area (TPSA) is 83.4 Å². The van der Waals surface area contributed by atoms with E-state index in [1.807, 2.05) is 29.3 Å². The van der Waals surface area contributed by atoms with Crippen molar-refractivity contribution in [2.75, 3.05) is 13.1 Å². The average Bonchev–Trinajstić information content (AvgIpc) is 2.96. The van der Waals surface area contributed by atoms with Crippen LogP contribution >= 0.6 is 23.4 Å². The average molecular weight is 451 g/mol. The second-order valence-corrected chi connectivity index (χ2v) is 8.77. The van der Waals surface area contributed by atoms with E-state index >= 15 is 0 Å². The van der Waals surface area contributed by atoms with Crippen LogP contribution in [0.1, 0.15) is 41.0 Å². The molecule has 2 aliphatic heterocycles. The van der Waals surface area contributed by atoms with Gasteiger partial charge in [0, 0.05) is 42.1 Å². The zero-order chi connectivity index (χ0) is 21.2. The molecule has 3 aromatic rings. The van der Waals surface area contributed by atoms with Crippen molar-refractivity contribution >= 4 is 40.7 Å². The number of hydrazine groups is 1. The van der Waals surface area contributed by atoms with Gasteiger partial charge in [0.1, 0.15) is 16.4 Å². The molecule has 7 nitrogen and oxygen atoms in total. The fourth-order valence-electron chi connectivity index (χ4n) is 3.58. The van der Waals surface area contributed by atoms with Crippen LogP contribution in [0, 0.1) is 0 Å². The van der Waals surface area contributed by atoms with E-state index in [-0.39, 0.29) is 5.91 Å². The molecular formula is C22H19ClN6OS. The molecule has 31 heavy (non-hydrogen) atoms. The number of carbonyl (C=O) groups is 1. The molecule has 0 atom stereocenters. The number of nitrogens with zero attached hydrogens (tertiary/aromatic N) is 5. The van der Waals surface area contributed by atoms with Gasteiger partial charge < -0.3 is 0 Å². The molecule has 0 aliphatic carbocycles. The Hall–Kier alpha value is -2.81. The predicted octanol–water partition coefficient (Wildman–Crippen LogP) is 4.29. The highest BCUT2D eigenvalue weighted by Crippen LogP contribution is 2.39. The number of rotatable bonds is 3. The molecule has 0 spiro atoms. The second kappa shape index (κ2) is 8.74. The smallest absolute Gasteiger partial charge is 0.265 e. The molecule has 1 fully saturated rings. The SMILES string of the molecule is O=C(NN1CCCCC1)c1ccc2c(c1)N=C(c1ccc(Cl)cn1)c1nccnc1S2. The van der Waals surface area contributed by atoms with E-state index in [1.165, 1.54) is 18.2 Å². The lowest BCUT2D eigenvalue weighted by atomic mass is 10.1. The minimum atomic E-state index is -0.130. The monoisotopic (exact) mass is 450 g/mol. The largest absolute Gasteiger partial charge is 0.285 e. The molecule has 1 amide bonds. The third kappa shape index (κ3) is 4.32. The number of fused-ring (bicyclic) bond motifs is 2. The van der Waals surface area contributed by atoms with Crippen molar-refractivity contribution in [1.29, 1.82) is 0 Å². The molecule has 0 bridgehead atoms. The summed E-state index contributed by atoms with van der Waals surface area (Å²) in [6.07, 6.45) is 8.28. The van der Waals surface area contributed by atoms with Gasteiger partial charge in [-0.05, 0) is 43.2 Å². The van der Waals surface area contributed by atoms with Gasteiger partial charge in [-0.15, -0.1) is 0 Å². The first-order valence-electron chi connectivity index (χ1n) is 10.1. The number of amides is 1. The first kappa shape index (κ1) is 20.1. The van der Waals surface area contributed by atoms with Gasteiger partial charge in [-0.1, -0.05) is 29.8 Å². The van der Waals surface area contributed by atoms with Crippen molar-refractivity contribution in [3.8, 4) is 0 Å². The summed E-state index contributed by atoms with van der Waals surface area (Å²) in [5, 5.41) is 3.27. The van der Waals surface area contributed by atoms with Gasteiger partial charge in [-0.3, -0.25) is 20.2 Å². The summed E-state index contributed by atoms with van der Waals surface area (Å²) in [5.41, 5.74) is 6.14. The molecule has 0 saturated carbocycles. The number of nitrogens with one attached hydrogen (secondary N) is 1. The number of hydrogen-bond donors (Lipinski definition) is 1. The van der Waals surface area contributed by atoms with Gasteiger partial charge in [0.05, 0.1) is 16.4 Å². The molecule has 4 heterocycles. The van der Waals surface area contributed by atoms with Crippen LogP contribution in [0.2, 0.25) is 5.02 Å². The van der Waals surface area contributed by atoms with Crippen molar-refractivity contribution < 1.29 is 4.79 Å². The Kier molecular flexibility index (Phi) is 5.67. The lowest BCUT2D eigenvalue weighted by Gasteiger charge is -2.26. The highest BCUT2D eigenvalue weighted by atomic mass is 35.5. The molecule has 2 aliphatic rings. The van der Waals surface area contributed by atoms with Crippen LogP contribution < -0.4 is 5.43 Å². The van der Waals surface area contributed by atoms with Crippen LogP contribution in [-0.4, -0.2) is 44.7 Å². The van der Waals surface area contributed by atoms with Crippen molar-refractivity contribution in [2.45, 2.75) is 29.2 Å². The Labute approximate surface area is 189 Å². The summed E-state index contributed by atoms with van der Waals surface area (Å²) < 4.78 is 0.